The first kappa shape index (κ1) is 21.9. The SMILES string of the molecule is COC(=O)Cc1cc(C(=O)c2ccc(C(C)c3ccccc3)c([N+](=O)[O-])c2)sc1Br. The van der Waals surface area contributed by atoms with Gasteiger partial charge >= 0.3 is 5.97 Å². The number of ether oxygens (including phenoxy) is 1. The van der Waals surface area contributed by atoms with E-state index in [-0.39, 0.29) is 29.4 Å². The van der Waals surface area contributed by atoms with Gasteiger partial charge in [0.15, 0.2) is 0 Å². The first-order valence-corrected chi connectivity index (χ1v) is 10.7. The number of hydrogen-bond acceptors (Lipinski definition) is 6. The van der Waals surface area contributed by atoms with Crippen molar-refractivity contribution in [1.82, 2.24) is 0 Å². The number of benzene rings is 2. The Balaban J connectivity index is 1.95. The summed E-state index contributed by atoms with van der Waals surface area (Å²) in [4.78, 5) is 36.1. The number of thiophene rings is 1. The number of nitro benzene ring substituents is 1. The van der Waals surface area contributed by atoms with Gasteiger partial charge in [0, 0.05) is 23.1 Å². The predicted octanol–water partition coefficient (Wildman–Crippen LogP) is 5.52. The monoisotopic (exact) mass is 487 g/mol. The van der Waals surface area contributed by atoms with Crippen LogP contribution in [0.5, 0.6) is 0 Å². The molecule has 30 heavy (non-hydrogen) atoms. The van der Waals surface area contributed by atoms with Gasteiger partial charge in [-0.25, -0.2) is 0 Å². The van der Waals surface area contributed by atoms with E-state index in [0.29, 0.717) is 19.8 Å². The number of halogens is 1. The van der Waals surface area contributed by atoms with Crippen molar-refractivity contribution in [2.24, 2.45) is 0 Å². The number of methoxy groups -OCH3 is 1. The number of hydrogen-bond donors (Lipinski definition) is 0. The van der Waals surface area contributed by atoms with E-state index in [1.807, 2.05) is 37.3 Å². The van der Waals surface area contributed by atoms with Crippen molar-refractivity contribution in [2.75, 3.05) is 7.11 Å². The minimum Gasteiger partial charge on any atom is -0.469 e. The predicted molar refractivity (Wildman–Crippen MR) is 118 cm³/mol. The summed E-state index contributed by atoms with van der Waals surface area (Å²) in [5.74, 6) is -0.945. The van der Waals surface area contributed by atoms with E-state index in [1.54, 1.807) is 18.2 Å². The first-order valence-electron chi connectivity index (χ1n) is 9.04. The summed E-state index contributed by atoms with van der Waals surface area (Å²) >= 11 is 4.54. The molecule has 0 aliphatic carbocycles. The average molecular weight is 488 g/mol. The van der Waals surface area contributed by atoms with Crippen LogP contribution in [-0.4, -0.2) is 23.8 Å². The summed E-state index contributed by atoms with van der Waals surface area (Å²) in [5, 5.41) is 11.7. The van der Waals surface area contributed by atoms with E-state index in [1.165, 1.54) is 24.5 Å². The molecule has 0 fully saturated rings. The molecule has 0 aliphatic heterocycles. The summed E-state index contributed by atoms with van der Waals surface area (Å²) in [7, 11) is 1.30. The molecule has 0 N–H and O–H groups in total. The fraction of sp³-hybridized carbons (Fsp3) is 0.182. The van der Waals surface area contributed by atoms with Crippen molar-refractivity contribution in [3.8, 4) is 0 Å². The van der Waals surface area contributed by atoms with Crippen LogP contribution in [0.1, 0.15) is 44.8 Å². The van der Waals surface area contributed by atoms with Crippen molar-refractivity contribution in [3.05, 3.63) is 95.6 Å². The van der Waals surface area contributed by atoms with Gasteiger partial charge in [-0.2, -0.15) is 0 Å². The third-order valence-electron chi connectivity index (χ3n) is 4.80. The van der Waals surface area contributed by atoms with Crippen molar-refractivity contribution < 1.29 is 19.2 Å². The van der Waals surface area contributed by atoms with Crippen molar-refractivity contribution in [1.29, 1.82) is 0 Å². The molecule has 1 aromatic heterocycles. The third kappa shape index (κ3) is 4.66. The Morgan fingerprint density at radius 2 is 1.87 bits per heavy atom. The Labute approximate surface area is 185 Å². The highest BCUT2D eigenvalue weighted by atomic mass is 79.9. The van der Waals surface area contributed by atoms with Gasteiger partial charge in [0.1, 0.15) is 0 Å². The zero-order valence-corrected chi connectivity index (χ0v) is 18.7. The Morgan fingerprint density at radius 1 is 1.17 bits per heavy atom. The van der Waals surface area contributed by atoms with Gasteiger partial charge in [-0.05, 0) is 33.1 Å². The van der Waals surface area contributed by atoms with Crippen LogP contribution in [0.2, 0.25) is 0 Å². The fourth-order valence-corrected chi connectivity index (χ4v) is 4.78. The maximum atomic E-state index is 12.9. The molecule has 0 radical (unpaired) electrons. The van der Waals surface area contributed by atoms with Gasteiger partial charge in [-0.3, -0.25) is 19.7 Å². The van der Waals surface area contributed by atoms with Gasteiger partial charge in [0.2, 0.25) is 5.78 Å². The second-order valence-electron chi connectivity index (χ2n) is 6.65. The number of nitro groups is 1. The maximum Gasteiger partial charge on any atom is 0.310 e. The highest BCUT2D eigenvalue weighted by Gasteiger charge is 2.24. The molecule has 154 valence electrons. The van der Waals surface area contributed by atoms with Crippen molar-refractivity contribution in [2.45, 2.75) is 19.3 Å². The topological polar surface area (TPSA) is 86.5 Å². The zero-order valence-electron chi connectivity index (χ0n) is 16.3. The molecular formula is C22H18BrNO5S. The molecule has 0 aliphatic rings. The zero-order chi connectivity index (χ0) is 21.8. The van der Waals surface area contributed by atoms with Gasteiger partial charge in [-0.15, -0.1) is 11.3 Å². The molecule has 0 amide bonds. The number of esters is 1. The fourth-order valence-electron chi connectivity index (χ4n) is 3.14. The second-order valence-corrected chi connectivity index (χ2v) is 9.02. The summed E-state index contributed by atoms with van der Waals surface area (Å²) < 4.78 is 5.32. The van der Waals surface area contributed by atoms with Gasteiger partial charge < -0.3 is 4.74 Å². The average Bonchev–Trinajstić information content (AvgIpc) is 3.12. The summed E-state index contributed by atoms with van der Waals surface area (Å²) in [6.45, 7) is 1.90. The molecule has 3 aromatic rings. The molecule has 6 nitrogen and oxygen atoms in total. The van der Waals surface area contributed by atoms with Crippen LogP contribution in [0.4, 0.5) is 5.69 Å². The highest BCUT2D eigenvalue weighted by Crippen LogP contribution is 2.34. The van der Waals surface area contributed by atoms with Crippen LogP contribution in [0.25, 0.3) is 0 Å². The summed E-state index contributed by atoms with van der Waals surface area (Å²) in [6.07, 6.45) is 0.0362. The lowest BCUT2D eigenvalue weighted by molar-refractivity contribution is -0.385. The Kier molecular flexibility index (Phi) is 6.79. The van der Waals surface area contributed by atoms with E-state index in [4.69, 9.17) is 0 Å². The van der Waals surface area contributed by atoms with Crippen LogP contribution in [-0.2, 0) is 16.0 Å². The Hall–Kier alpha value is -2.84. The smallest absolute Gasteiger partial charge is 0.310 e. The molecule has 1 atom stereocenters. The number of nitrogens with zero attached hydrogens (tertiary/aromatic N) is 1. The summed E-state index contributed by atoms with van der Waals surface area (Å²) in [6, 6.07) is 15.7. The quantitative estimate of drug-likeness (QED) is 0.189. The lowest BCUT2D eigenvalue weighted by atomic mass is 9.90. The lowest BCUT2D eigenvalue weighted by Gasteiger charge is -2.13. The van der Waals surface area contributed by atoms with Crippen molar-refractivity contribution >= 4 is 44.7 Å². The molecule has 0 bridgehead atoms. The minimum absolute atomic E-state index is 0.0362. The van der Waals surface area contributed by atoms with Gasteiger partial charge in [0.05, 0.1) is 27.1 Å². The minimum atomic E-state index is -0.460. The van der Waals surface area contributed by atoms with E-state index in [2.05, 4.69) is 20.7 Å². The number of carbonyl (C=O) groups excluding carboxylic acids is 2. The molecule has 8 heteroatoms. The van der Waals surface area contributed by atoms with Crippen LogP contribution in [0.3, 0.4) is 0 Å². The standard InChI is InChI=1S/C22H18BrNO5S/c1-13(14-6-4-3-5-7-14)17-9-8-15(10-18(17)24(27)28)21(26)19-11-16(22(23)30-19)12-20(25)29-2/h3-11,13H,12H2,1-2H3. The Bertz CT molecular complexity index is 1110. The molecule has 2 aromatic carbocycles. The molecule has 0 saturated carbocycles. The van der Waals surface area contributed by atoms with Crippen LogP contribution < -0.4 is 0 Å². The van der Waals surface area contributed by atoms with Crippen LogP contribution in [0, 0.1) is 10.1 Å². The molecular weight excluding hydrogens is 470 g/mol. The van der Waals surface area contributed by atoms with Gasteiger partial charge in [0.25, 0.3) is 5.69 Å². The summed E-state index contributed by atoms with van der Waals surface area (Å²) in [5.41, 5.74) is 2.27. The Morgan fingerprint density at radius 3 is 2.50 bits per heavy atom. The van der Waals surface area contributed by atoms with Crippen LogP contribution in [0.15, 0.2) is 58.4 Å². The maximum absolute atomic E-state index is 12.9. The lowest BCUT2D eigenvalue weighted by Crippen LogP contribution is -2.06. The van der Waals surface area contributed by atoms with Crippen LogP contribution >= 0.6 is 27.3 Å². The molecule has 0 saturated heterocycles. The molecule has 1 heterocycles. The third-order valence-corrected chi connectivity index (χ3v) is 6.76. The molecule has 3 rings (SSSR count). The van der Waals surface area contributed by atoms with E-state index in [9.17, 15) is 19.7 Å². The normalized spacial score (nSPS) is 11.7. The second kappa shape index (κ2) is 9.32. The number of ketones is 1. The number of carbonyl (C=O) groups is 2. The molecule has 0 spiro atoms. The largest absolute Gasteiger partial charge is 0.469 e. The highest BCUT2D eigenvalue weighted by molar-refractivity contribution is 9.11. The van der Waals surface area contributed by atoms with Crippen molar-refractivity contribution in [3.63, 3.8) is 0 Å². The first-order chi connectivity index (χ1) is 14.3. The number of rotatable bonds is 7. The van der Waals surface area contributed by atoms with E-state index >= 15 is 0 Å². The van der Waals surface area contributed by atoms with E-state index < -0.39 is 10.9 Å². The molecule has 1 unspecified atom stereocenters. The van der Waals surface area contributed by atoms with E-state index in [0.717, 1.165) is 5.56 Å². The van der Waals surface area contributed by atoms with Gasteiger partial charge in [-0.1, -0.05) is 49.4 Å².